The van der Waals surface area contributed by atoms with Crippen LogP contribution in [0.1, 0.15) is 48.2 Å². The molecule has 1 aliphatic heterocycles. The molecule has 0 amide bonds. The van der Waals surface area contributed by atoms with Crippen molar-refractivity contribution in [3.63, 3.8) is 0 Å². The maximum absolute atomic E-state index is 5.36. The fourth-order valence-electron chi connectivity index (χ4n) is 3.03. The number of H-pyrrole nitrogens is 2. The standard InChI is InChI=1S/C9H13N.C8H11NO/c1-2-4-8-6-7-10-9(8)5-3-1;1-2-8-7(3-4-9-8)6-10-5-1/h6-7,10H,1-5H2;3-4,9H,1-2,5-6H2. The molecule has 0 saturated carbocycles. The predicted molar refractivity (Wildman–Crippen MR) is 80.8 cm³/mol. The third-order valence-corrected chi connectivity index (χ3v) is 4.21. The molecule has 3 heterocycles. The molecule has 0 spiro atoms. The van der Waals surface area contributed by atoms with E-state index in [0.717, 1.165) is 26.1 Å². The van der Waals surface area contributed by atoms with Crippen LogP contribution in [0.3, 0.4) is 0 Å². The zero-order valence-electron chi connectivity index (χ0n) is 12.1. The predicted octanol–water partition coefficient (Wildman–Crippen LogP) is 3.76. The van der Waals surface area contributed by atoms with E-state index in [2.05, 4.69) is 28.3 Å². The van der Waals surface area contributed by atoms with Gasteiger partial charge in [-0.15, -0.1) is 0 Å². The molecule has 0 fully saturated rings. The van der Waals surface area contributed by atoms with Crippen molar-refractivity contribution in [1.29, 1.82) is 0 Å². The van der Waals surface area contributed by atoms with E-state index in [1.807, 2.05) is 6.20 Å². The lowest BCUT2D eigenvalue weighted by atomic mass is 10.1. The van der Waals surface area contributed by atoms with Gasteiger partial charge in [0.25, 0.3) is 0 Å². The number of hydrogen-bond donors (Lipinski definition) is 2. The number of hydrogen-bond acceptors (Lipinski definition) is 1. The van der Waals surface area contributed by atoms with Gasteiger partial charge in [0.1, 0.15) is 0 Å². The van der Waals surface area contributed by atoms with Crippen LogP contribution in [0.25, 0.3) is 0 Å². The Morgan fingerprint density at radius 3 is 2.35 bits per heavy atom. The highest BCUT2D eigenvalue weighted by atomic mass is 16.5. The van der Waals surface area contributed by atoms with E-state index >= 15 is 0 Å². The summed E-state index contributed by atoms with van der Waals surface area (Å²) in [6.45, 7) is 1.70. The number of aromatic amines is 2. The fraction of sp³-hybridized carbons (Fsp3) is 0.529. The van der Waals surface area contributed by atoms with Gasteiger partial charge < -0.3 is 14.7 Å². The third-order valence-electron chi connectivity index (χ3n) is 4.21. The minimum absolute atomic E-state index is 0.791. The van der Waals surface area contributed by atoms with Gasteiger partial charge in [-0.2, -0.15) is 0 Å². The lowest BCUT2D eigenvalue weighted by Gasteiger charge is -1.94. The van der Waals surface area contributed by atoms with Crippen molar-refractivity contribution >= 4 is 0 Å². The van der Waals surface area contributed by atoms with Crippen molar-refractivity contribution in [3.8, 4) is 0 Å². The van der Waals surface area contributed by atoms with E-state index in [4.69, 9.17) is 4.74 Å². The number of nitrogens with one attached hydrogen (secondary N) is 2. The van der Waals surface area contributed by atoms with E-state index in [1.54, 1.807) is 5.56 Å². The van der Waals surface area contributed by atoms with E-state index in [-0.39, 0.29) is 0 Å². The molecule has 3 heteroatoms. The molecule has 2 N–H and O–H groups in total. The summed E-state index contributed by atoms with van der Waals surface area (Å²) in [4.78, 5) is 6.52. The van der Waals surface area contributed by atoms with Crippen molar-refractivity contribution in [2.45, 2.75) is 51.6 Å². The van der Waals surface area contributed by atoms with Gasteiger partial charge in [0.2, 0.25) is 0 Å². The highest BCUT2D eigenvalue weighted by Crippen LogP contribution is 2.18. The lowest BCUT2D eigenvalue weighted by Crippen LogP contribution is -1.88. The summed E-state index contributed by atoms with van der Waals surface area (Å²) in [7, 11) is 0. The molecule has 0 bridgehead atoms. The first kappa shape index (κ1) is 13.5. The molecule has 4 rings (SSSR count). The van der Waals surface area contributed by atoms with Crippen LogP contribution in [-0.2, 0) is 30.6 Å². The van der Waals surface area contributed by atoms with Gasteiger partial charge in [0.05, 0.1) is 6.61 Å². The van der Waals surface area contributed by atoms with Gasteiger partial charge in [0.15, 0.2) is 0 Å². The van der Waals surface area contributed by atoms with Crippen molar-refractivity contribution in [2.24, 2.45) is 0 Å². The summed E-state index contributed by atoms with van der Waals surface area (Å²) in [5.74, 6) is 0. The monoisotopic (exact) mass is 272 g/mol. The van der Waals surface area contributed by atoms with Crippen LogP contribution < -0.4 is 0 Å². The summed E-state index contributed by atoms with van der Waals surface area (Å²) in [5.41, 5.74) is 5.73. The molecule has 20 heavy (non-hydrogen) atoms. The van der Waals surface area contributed by atoms with Crippen molar-refractivity contribution in [2.75, 3.05) is 6.61 Å². The third kappa shape index (κ3) is 3.34. The first-order valence-corrected chi connectivity index (χ1v) is 7.81. The van der Waals surface area contributed by atoms with Crippen LogP contribution in [0.15, 0.2) is 24.5 Å². The molecular formula is C17H24N2O. The van der Waals surface area contributed by atoms with Crippen LogP contribution in [0.4, 0.5) is 0 Å². The molecule has 0 atom stereocenters. The van der Waals surface area contributed by atoms with Gasteiger partial charge in [-0.05, 0) is 61.8 Å². The van der Waals surface area contributed by atoms with Crippen LogP contribution in [0.2, 0.25) is 0 Å². The highest BCUT2D eigenvalue weighted by molar-refractivity contribution is 5.21. The van der Waals surface area contributed by atoms with Gasteiger partial charge in [-0.3, -0.25) is 0 Å². The summed E-state index contributed by atoms with van der Waals surface area (Å²) in [5, 5.41) is 0. The van der Waals surface area contributed by atoms with Gasteiger partial charge in [-0.25, -0.2) is 0 Å². The normalized spacial score (nSPS) is 18.0. The molecule has 3 nitrogen and oxygen atoms in total. The smallest absolute Gasteiger partial charge is 0.0734 e. The average molecular weight is 272 g/mol. The molecule has 0 unspecified atom stereocenters. The number of aromatic nitrogens is 2. The average Bonchev–Trinajstić information content (AvgIpc) is 2.98. The first-order valence-electron chi connectivity index (χ1n) is 7.81. The Bertz CT molecular complexity index is 437. The minimum Gasteiger partial charge on any atom is -0.377 e. The summed E-state index contributed by atoms with van der Waals surface area (Å²) in [6, 6.07) is 4.32. The quantitative estimate of drug-likeness (QED) is 0.704. The van der Waals surface area contributed by atoms with Gasteiger partial charge >= 0.3 is 0 Å². The van der Waals surface area contributed by atoms with Gasteiger partial charge in [0, 0.05) is 30.4 Å². The zero-order valence-corrected chi connectivity index (χ0v) is 12.1. The second-order valence-corrected chi connectivity index (χ2v) is 5.68. The Morgan fingerprint density at radius 1 is 0.750 bits per heavy atom. The minimum atomic E-state index is 0.791. The van der Waals surface area contributed by atoms with E-state index < -0.39 is 0 Å². The summed E-state index contributed by atoms with van der Waals surface area (Å²) >= 11 is 0. The summed E-state index contributed by atoms with van der Waals surface area (Å²) in [6.07, 6.45) is 13.0. The van der Waals surface area contributed by atoms with Crippen LogP contribution in [0.5, 0.6) is 0 Å². The Morgan fingerprint density at radius 2 is 1.45 bits per heavy atom. The number of rotatable bonds is 0. The first-order chi connectivity index (χ1) is 9.93. The lowest BCUT2D eigenvalue weighted by molar-refractivity contribution is 0.125. The number of aryl methyl sites for hydroxylation is 3. The zero-order chi connectivity index (χ0) is 13.6. The number of ether oxygens (including phenoxy) is 1. The number of fused-ring (bicyclic) bond motifs is 2. The second kappa shape index (κ2) is 6.80. The molecule has 2 aromatic rings. The maximum atomic E-state index is 5.36. The molecule has 0 radical (unpaired) electrons. The van der Waals surface area contributed by atoms with Gasteiger partial charge in [-0.1, -0.05) is 6.42 Å². The van der Waals surface area contributed by atoms with Crippen LogP contribution in [-0.4, -0.2) is 16.6 Å². The SMILES string of the molecule is c1cc2c([nH]1)CCCCC2.c1cc2c([nH]1)CCCOC2. The highest BCUT2D eigenvalue weighted by Gasteiger charge is 2.07. The maximum Gasteiger partial charge on any atom is 0.0734 e. The summed E-state index contributed by atoms with van der Waals surface area (Å²) < 4.78 is 5.36. The van der Waals surface area contributed by atoms with Crippen LogP contribution >= 0.6 is 0 Å². The van der Waals surface area contributed by atoms with E-state index in [1.165, 1.54) is 49.1 Å². The Balaban J connectivity index is 0.000000121. The Labute approximate surface area is 120 Å². The Hall–Kier alpha value is -1.48. The molecule has 0 aromatic carbocycles. The Kier molecular flexibility index (Phi) is 4.59. The van der Waals surface area contributed by atoms with Crippen molar-refractivity contribution in [3.05, 3.63) is 47.0 Å². The van der Waals surface area contributed by atoms with Crippen LogP contribution in [0, 0.1) is 0 Å². The molecule has 0 saturated heterocycles. The molecule has 2 aliphatic rings. The topological polar surface area (TPSA) is 40.8 Å². The largest absolute Gasteiger partial charge is 0.377 e. The van der Waals surface area contributed by atoms with Crippen molar-refractivity contribution < 1.29 is 4.74 Å². The fourth-order valence-corrected chi connectivity index (χ4v) is 3.03. The molecule has 2 aromatic heterocycles. The van der Waals surface area contributed by atoms with Crippen molar-refractivity contribution in [1.82, 2.24) is 9.97 Å². The molecule has 108 valence electrons. The molecular weight excluding hydrogens is 248 g/mol. The second-order valence-electron chi connectivity index (χ2n) is 5.68. The van der Waals surface area contributed by atoms with E-state index in [9.17, 15) is 0 Å². The molecule has 1 aliphatic carbocycles. The van der Waals surface area contributed by atoms with E-state index in [0.29, 0.717) is 0 Å².